The molecule has 0 aromatic carbocycles. The Morgan fingerprint density at radius 3 is 2.53 bits per heavy atom. The van der Waals surface area contributed by atoms with Gasteiger partial charge in [0.25, 0.3) is 0 Å². The zero-order valence-electron chi connectivity index (χ0n) is 10.2. The highest BCUT2D eigenvalue weighted by atomic mass is 19.3. The average molecular weight is 284 g/mol. The molecule has 0 aliphatic carbocycles. The predicted molar refractivity (Wildman–Crippen MR) is 58.7 cm³/mol. The lowest BCUT2D eigenvalue weighted by Gasteiger charge is -2.16. The van der Waals surface area contributed by atoms with Crippen molar-refractivity contribution in [1.82, 2.24) is 9.78 Å². The number of anilines is 1. The first-order chi connectivity index (χ1) is 8.70. The summed E-state index contributed by atoms with van der Waals surface area (Å²) in [6.07, 6.45) is -3.63. The lowest BCUT2D eigenvalue weighted by atomic mass is 10.3. The number of aromatic nitrogens is 2. The molecular formula is C9H12F4N4O2. The highest BCUT2D eigenvalue weighted by Gasteiger charge is 2.41. The Morgan fingerprint density at radius 1 is 1.53 bits per heavy atom. The van der Waals surface area contributed by atoms with Crippen molar-refractivity contribution in [2.75, 3.05) is 11.9 Å². The van der Waals surface area contributed by atoms with Crippen LogP contribution in [0.2, 0.25) is 0 Å². The minimum Gasteiger partial charge on any atom is -0.358 e. The third kappa shape index (κ3) is 3.12. The van der Waals surface area contributed by atoms with E-state index in [4.69, 9.17) is 0 Å². The van der Waals surface area contributed by atoms with E-state index in [1.54, 1.807) is 6.92 Å². The Labute approximate surface area is 105 Å². The summed E-state index contributed by atoms with van der Waals surface area (Å²) >= 11 is 0. The average Bonchev–Trinajstić information content (AvgIpc) is 2.63. The van der Waals surface area contributed by atoms with Crippen LogP contribution in [-0.2, 0) is 13.5 Å². The third-order valence-electron chi connectivity index (χ3n) is 2.42. The molecule has 0 bridgehead atoms. The van der Waals surface area contributed by atoms with E-state index in [1.807, 2.05) is 5.32 Å². The molecule has 0 spiro atoms. The van der Waals surface area contributed by atoms with Crippen LogP contribution in [0.5, 0.6) is 0 Å². The molecule has 0 saturated heterocycles. The van der Waals surface area contributed by atoms with Crippen LogP contribution < -0.4 is 5.32 Å². The maximum Gasteiger partial charge on any atom is 0.333 e. The second kappa shape index (κ2) is 5.41. The quantitative estimate of drug-likeness (QED) is 0.494. The first kappa shape index (κ1) is 15.2. The van der Waals surface area contributed by atoms with Crippen molar-refractivity contribution < 1.29 is 22.5 Å². The van der Waals surface area contributed by atoms with Crippen molar-refractivity contribution >= 4 is 11.5 Å². The summed E-state index contributed by atoms with van der Waals surface area (Å²) in [5.74, 6) is -4.59. The molecule has 6 nitrogen and oxygen atoms in total. The Kier molecular flexibility index (Phi) is 4.32. The van der Waals surface area contributed by atoms with Crippen molar-refractivity contribution in [2.45, 2.75) is 25.7 Å². The fraction of sp³-hybridized carbons (Fsp3) is 0.667. The Bertz CT molecular complexity index is 475. The van der Waals surface area contributed by atoms with Gasteiger partial charge in [0, 0.05) is 7.05 Å². The van der Waals surface area contributed by atoms with Gasteiger partial charge in [-0.2, -0.15) is 13.9 Å². The van der Waals surface area contributed by atoms with Gasteiger partial charge in [0.15, 0.2) is 0 Å². The Balaban J connectivity index is 3.02. The normalized spacial score (nSPS) is 11.9. The number of hydrogen-bond donors (Lipinski definition) is 1. The lowest BCUT2D eigenvalue weighted by molar-refractivity contribution is -0.384. The van der Waals surface area contributed by atoms with E-state index in [9.17, 15) is 27.7 Å². The fourth-order valence-corrected chi connectivity index (χ4v) is 1.48. The molecule has 1 aromatic heterocycles. The molecule has 1 aromatic rings. The van der Waals surface area contributed by atoms with E-state index < -0.39 is 29.5 Å². The van der Waals surface area contributed by atoms with E-state index in [0.717, 1.165) is 4.68 Å². The molecule has 0 aliphatic rings. The van der Waals surface area contributed by atoms with Gasteiger partial charge in [-0.05, 0) is 6.42 Å². The number of nitrogens with zero attached hydrogens (tertiary/aromatic N) is 3. The largest absolute Gasteiger partial charge is 0.358 e. The SMILES string of the molecule is CCc1nn(C)c(NCC(F)(F)C(F)F)c1[N+](=O)[O-]. The van der Waals surface area contributed by atoms with Crippen LogP contribution in [-0.4, -0.2) is 33.6 Å². The van der Waals surface area contributed by atoms with E-state index in [1.165, 1.54) is 7.05 Å². The van der Waals surface area contributed by atoms with Gasteiger partial charge in [0.1, 0.15) is 5.69 Å². The van der Waals surface area contributed by atoms with Crippen LogP contribution in [0.3, 0.4) is 0 Å². The standard InChI is InChI=1S/C9H12F4N4O2/c1-3-5-6(17(18)19)7(16(2)15-5)14-4-9(12,13)8(10)11/h8,14H,3-4H2,1-2H3. The van der Waals surface area contributed by atoms with Crippen LogP contribution in [0, 0.1) is 10.1 Å². The molecule has 0 atom stereocenters. The molecule has 108 valence electrons. The van der Waals surface area contributed by atoms with Crippen molar-refractivity contribution in [3.63, 3.8) is 0 Å². The van der Waals surface area contributed by atoms with Gasteiger partial charge in [-0.15, -0.1) is 0 Å². The van der Waals surface area contributed by atoms with Gasteiger partial charge >= 0.3 is 18.0 Å². The highest BCUT2D eigenvalue weighted by Crippen LogP contribution is 2.30. The van der Waals surface area contributed by atoms with Gasteiger partial charge in [-0.25, -0.2) is 13.5 Å². The summed E-state index contributed by atoms with van der Waals surface area (Å²) in [5, 5.41) is 16.6. The Hall–Kier alpha value is -1.87. The van der Waals surface area contributed by atoms with E-state index >= 15 is 0 Å². The number of nitro groups is 1. The van der Waals surface area contributed by atoms with Gasteiger partial charge < -0.3 is 5.32 Å². The number of rotatable bonds is 6. The maximum atomic E-state index is 12.8. The van der Waals surface area contributed by atoms with Crippen molar-refractivity contribution in [3.05, 3.63) is 15.8 Å². The van der Waals surface area contributed by atoms with Crippen LogP contribution in [0.1, 0.15) is 12.6 Å². The number of alkyl halides is 4. The number of hydrogen-bond acceptors (Lipinski definition) is 4. The summed E-state index contributed by atoms with van der Waals surface area (Å²) < 4.78 is 50.5. The second-order valence-corrected chi connectivity index (χ2v) is 3.79. The summed E-state index contributed by atoms with van der Waals surface area (Å²) in [4.78, 5) is 10.1. The molecule has 1 heterocycles. The number of nitrogens with one attached hydrogen (secondary N) is 1. The molecule has 0 radical (unpaired) electrons. The summed E-state index contributed by atoms with van der Waals surface area (Å²) in [6, 6.07) is 0. The lowest BCUT2D eigenvalue weighted by Crippen LogP contribution is -2.35. The van der Waals surface area contributed by atoms with E-state index in [2.05, 4.69) is 5.10 Å². The molecule has 0 saturated carbocycles. The molecule has 0 unspecified atom stereocenters. The molecule has 0 aliphatic heterocycles. The van der Waals surface area contributed by atoms with Gasteiger partial charge in [0.2, 0.25) is 5.82 Å². The molecule has 10 heteroatoms. The van der Waals surface area contributed by atoms with Gasteiger partial charge in [-0.1, -0.05) is 6.92 Å². The summed E-state index contributed by atoms with van der Waals surface area (Å²) in [5.41, 5.74) is -0.384. The molecular weight excluding hydrogens is 272 g/mol. The number of halogens is 4. The first-order valence-electron chi connectivity index (χ1n) is 5.30. The zero-order chi connectivity index (χ0) is 14.8. The minimum atomic E-state index is -4.27. The van der Waals surface area contributed by atoms with Crippen LogP contribution in [0.15, 0.2) is 0 Å². The fourth-order valence-electron chi connectivity index (χ4n) is 1.48. The smallest absolute Gasteiger partial charge is 0.333 e. The Morgan fingerprint density at radius 2 is 2.11 bits per heavy atom. The van der Waals surface area contributed by atoms with Crippen LogP contribution in [0.25, 0.3) is 0 Å². The molecule has 0 amide bonds. The van der Waals surface area contributed by atoms with Crippen LogP contribution in [0.4, 0.5) is 29.1 Å². The van der Waals surface area contributed by atoms with Gasteiger partial charge in [0.05, 0.1) is 11.5 Å². The maximum absolute atomic E-state index is 12.8. The minimum absolute atomic E-state index is 0.0929. The molecule has 19 heavy (non-hydrogen) atoms. The zero-order valence-corrected chi connectivity index (χ0v) is 10.2. The van der Waals surface area contributed by atoms with Crippen molar-refractivity contribution in [2.24, 2.45) is 7.05 Å². The van der Waals surface area contributed by atoms with Crippen LogP contribution >= 0.6 is 0 Å². The van der Waals surface area contributed by atoms with Crippen molar-refractivity contribution in [3.8, 4) is 0 Å². The molecule has 1 rings (SSSR count). The molecule has 1 N–H and O–H groups in total. The highest BCUT2D eigenvalue weighted by molar-refractivity contribution is 5.59. The first-order valence-corrected chi connectivity index (χ1v) is 5.30. The van der Waals surface area contributed by atoms with E-state index in [0.29, 0.717) is 0 Å². The van der Waals surface area contributed by atoms with Gasteiger partial charge in [-0.3, -0.25) is 10.1 Å². The van der Waals surface area contributed by atoms with E-state index in [-0.39, 0.29) is 17.9 Å². The third-order valence-corrected chi connectivity index (χ3v) is 2.42. The summed E-state index contributed by atoms with van der Waals surface area (Å²) in [7, 11) is 1.30. The van der Waals surface area contributed by atoms with Crippen molar-refractivity contribution in [1.29, 1.82) is 0 Å². The summed E-state index contributed by atoms with van der Waals surface area (Å²) in [6.45, 7) is 0.196. The topological polar surface area (TPSA) is 73.0 Å². The molecule has 0 fully saturated rings. The second-order valence-electron chi connectivity index (χ2n) is 3.79. The number of aryl methyl sites for hydroxylation is 2. The monoisotopic (exact) mass is 284 g/mol. The predicted octanol–water partition coefficient (Wildman–Crippen LogP) is 2.20.